The molecule has 0 saturated heterocycles. The Morgan fingerprint density at radius 1 is 1.07 bits per heavy atom. The third kappa shape index (κ3) is 3.62. The standard InChI is InChI=1S/C24H35NO2/c1-18-16-20(8-9-21(18)27-2)24-13-10-23(11-14-24,12-15-24)17-25-22(26)19-6-4-3-5-7-19/h8-9,16,19H,3-7,10-15,17H2,1-2H3,(H,25,26). The molecule has 0 aromatic heterocycles. The van der Waals surface area contributed by atoms with Gasteiger partial charge in [0.1, 0.15) is 5.75 Å². The molecule has 0 radical (unpaired) electrons. The van der Waals surface area contributed by atoms with Crippen molar-refractivity contribution in [3.8, 4) is 5.75 Å². The molecule has 1 amide bonds. The van der Waals surface area contributed by atoms with E-state index in [2.05, 4.69) is 30.4 Å². The first-order valence-electron chi connectivity index (χ1n) is 11.0. The highest BCUT2D eigenvalue weighted by Gasteiger charge is 2.49. The van der Waals surface area contributed by atoms with Crippen LogP contribution in [0.25, 0.3) is 0 Å². The predicted octanol–water partition coefficient (Wildman–Crippen LogP) is 5.29. The van der Waals surface area contributed by atoms with Gasteiger partial charge in [-0.05, 0) is 86.3 Å². The van der Waals surface area contributed by atoms with Gasteiger partial charge in [-0.2, -0.15) is 0 Å². The van der Waals surface area contributed by atoms with Crippen LogP contribution in [0, 0.1) is 18.3 Å². The van der Waals surface area contributed by atoms with Gasteiger partial charge in [-0.25, -0.2) is 0 Å². The summed E-state index contributed by atoms with van der Waals surface area (Å²) in [4.78, 5) is 12.6. The van der Waals surface area contributed by atoms with E-state index < -0.39 is 0 Å². The summed E-state index contributed by atoms with van der Waals surface area (Å²) >= 11 is 0. The second-order valence-corrected chi connectivity index (χ2v) is 9.52. The SMILES string of the molecule is COc1ccc(C23CCC(CNC(=O)C4CCCCC4)(CC2)CC3)cc1C. The highest BCUT2D eigenvalue weighted by Crippen LogP contribution is 2.57. The smallest absolute Gasteiger partial charge is 0.223 e. The van der Waals surface area contributed by atoms with Crippen molar-refractivity contribution in [2.75, 3.05) is 13.7 Å². The molecule has 4 aliphatic carbocycles. The summed E-state index contributed by atoms with van der Waals surface area (Å²) < 4.78 is 5.44. The van der Waals surface area contributed by atoms with Crippen LogP contribution in [0.3, 0.4) is 0 Å². The topological polar surface area (TPSA) is 38.3 Å². The first kappa shape index (κ1) is 18.8. The minimum atomic E-state index is 0.281. The molecule has 0 spiro atoms. The Morgan fingerprint density at radius 3 is 2.33 bits per heavy atom. The number of benzene rings is 1. The number of fused-ring (bicyclic) bond motifs is 3. The third-order valence-electron chi connectivity index (χ3n) is 8.02. The van der Waals surface area contributed by atoms with E-state index >= 15 is 0 Å². The highest BCUT2D eigenvalue weighted by atomic mass is 16.5. The molecule has 4 fully saturated rings. The van der Waals surface area contributed by atoms with E-state index in [0.29, 0.717) is 16.7 Å². The van der Waals surface area contributed by atoms with Crippen LogP contribution in [0.5, 0.6) is 5.75 Å². The molecule has 1 aromatic carbocycles. The summed E-state index contributed by atoms with van der Waals surface area (Å²) in [6.45, 7) is 3.05. The van der Waals surface area contributed by atoms with E-state index in [9.17, 15) is 4.79 Å². The lowest BCUT2D eigenvalue weighted by Gasteiger charge is -2.54. The Kier molecular flexibility index (Phi) is 5.22. The molecular weight excluding hydrogens is 334 g/mol. The number of ether oxygens (including phenoxy) is 1. The number of amides is 1. The Hall–Kier alpha value is -1.51. The summed E-state index contributed by atoms with van der Waals surface area (Å²) in [5, 5.41) is 3.36. The van der Waals surface area contributed by atoms with Gasteiger partial charge in [0, 0.05) is 12.5 Å². The number of nitrogens with one attached hydrogen (secondary N) is 1. The average Bonchev–Trinajstić information content (AvgIpc) is 2.74. The maximum absolute atomic E-state index is 12.6. The highest BCUT2D eigenvalue weighted by molar-refractivity contribution is 5.78. The summed E-state index contributed by atoms with van der Waals surface area (Å²) in [5.41, 5.74) is 3.45. The lowest BCUT2D eigenvalue weighted by atomic mass is 9.52. The van der Waals surface area contributed by atoms with E-state index in [0.717, 1.165) is 25.1 Å². The Labute approximate surface area is 164 Å². The van der Waals surface area contributed by atoms with Crippen molar-refractivity contribution in [1.29, 1.82) is 0 Å². The fourth-order valence-corrected chi connectivity index (χ4v) is 5.95. The van der Waals surface area contributed by atoms with Gasteiger partial charge in [0.25, 0.3) is 0 Å². The van der Waals surface area contributed by atoms with E-state index in [1.807, 2.05) is 0 Å². The minimum absolute atomic E-state index is 0.281. The Bertz CT molecular complexity index is 665. The van der Waals surface area contributed by atoms with Crippen LogP contribution in [-0.4, -0.2) is 19.6 Å². The van der Waals surface area contributed by atoms with Gasteiger partial charge in [-0.1, -0.05) is 31.4 Å². The van der Waals surface area contributed by atoms with Gasteiger partial charge >= 0.3 is 0 Å². The van der Waals surface area contributed by atoms with Crippen molar-refractivity contribution < 1.29 is 9.53 Å². The van der Waals surface area contributed by atoms with Gasteiger partial charge in [0.2, 0.25) is 5.91 Å². The number of carbonyl (C=O) groups excluding carboxylic acids is 1. The second-order valence-electron chi connectivity index (χ2n) is 9.52. The van der Waals surface area contributed by atoms with Crippen LogP contribution in [0.4, 0.5) is 0 Å². The van der Waals surface area contributed by atoms with Crippen molar-refractivity contribution in [3.63, 3.8) is 0 Å². The number of hydrogen-bond donors (Lipinski definition) is 1. The maximum atomic E-state index is 12.6. The Morgan fingerprint density at radius 2 is 1.74 bits per heavy atom. The Balaban J connectivity index is 1.37. The number of carbonyl (C=O) groups is 1. The maximum Gasteiger partial charge on any atom is 0.223 e. The molecule has 4 saturated carbocycles. The van der Waals surface area contributed by atoms with E-state index in [1.165, 1.54) is 68.9 Å². The monoisotopic (exact) mass is 369 g/mol. The van der Waals surface area contributed by atoms with Crippen LogP contribution in [-0.2, 0) is 10.2 Å². The average molecular weight is 370 g/mol. The molecule has 1 N–H and O–H groups in total. The fourth-order valence-electron chi connectivity index (χ4n) is 5.95. The zero-order chi connectivity index (χ0) is 18.9. The molecule has 5 rings (SSSR count). The van der Waals surface area contributed by atoms with Crippen LogP contribution in [0.1, 0.15) is 81.8 Å². The number of rotatable bonds is 5. The van der Waals surface area contributed by atoms with Gasteiger partial charge in [-0.3, -0.25) is 4.79 Å². The summed E-state index contributed by atoms with van der Waals surface area (Å²) in [5.74, 6) is 1.60. The second kappa shape index (κ2) is 7.48. The van der Waals surface area contributed by atoms with Crippen LogP contribution in [0.15, 0.2) is 18.2 Å². The minimum Gasteiger partial charge on any atom is -0.496 e. The molecule has 0 aliphatic heterocycles. The van der Waals surface area contributed by atoms with Crippen LogP contribution >= 0.6 is 0 Å². The van der Waals surface area contributed by atoms with Crippen molar-refractivity contribution in [2.45, 2.75) is 83.0 Å². The molecule has 4 aliphatic rings. The van der Waals surface area contributed by atoms with Crippen LogP contribution in [0.2, 0.25) is 0 Å². The lowest BCUT2D eigenvalue weighted by molar-refractivity contribution is -0.127. The molecule has 2 bridgehead atoms. The van der Waals surface area contributed by atoms with Gasteiger partial charge in [-0.15, -0.1) is 0 Å². The van der Waals surface area contributed by atoms with Crippen molar-refractivity contribution in [3.05, 3.63) is 29.3 Å². The number of hydrogen-bond acceptors (Lipinski definition) is 2. The molecule has 0 atom stereocenters. The first-order valence-corrected chi connectivity index (χ1v) is 11.0. The molecule has 1 aromatic rings. The summed E-state index contributed by atoms with van der Waals surface area (Å²) in [6.07, 6.45) is 13.5. The largest absolute Gasteiger partial charge is 0.496 e. The number of methoxy groups -OCH3 is 1. The van der Waals surface area contributed by atoms with E-state index in [-0.39, 0.29) is 5.92 Å². The van der Waals surface area contributed by atoms with E-state index in [4.69, 9.17) is 4.74 Å². The molecule has 0 unspecified atom stereocenters. The molecule has 3 heteroatoms. The molecule has 148 valence electrons. The van der Waals surface area contributed by atoms with Gasteiger partial charge in [0.05, 0.1) is 7.11 Å². The molecule has 3 nitrogen and oxygen atoms in total. The van der Waals surface area contributed by atoms with Crippen molar-refractivity contribution in [1.82, 2.24) is 5.32 Å². The van der Waals surface area contributed by atoms with Crippen molar-refractivity contribution >= 4 is 5.91 Å². The first-order chi connectivity index (χ1) is 13.1. The van der Waals surface area contributed by atoms with Crippen LogP contribution < -0.4 is 10.1 Å². The van der Waals surface area contributed by atoms with Crippen molar-refractivity contribution in [2.24, 2.45) is 11.3 Å². The number of aryl methyl sites for hydroxylation is 1. The quantitative estimate of drug-likeness (QED) is 0.765. The summed E-state index contributed by atoms with van der Waals surface area (Å²) in [7, 11) is 1.75. The third-order valence-corrected chi connectivity index (χ3v) is 8.02. The lowest BCUT2D eigenvalue weighted by Crippen LogP contribution is -2.50. The fraction of sp³-hybridized carbons (Fsp3) is 0.708. The molecular formula is C24H35NO2. The van der Waals surface area contributed by atoms with Gasteiger partial charge in [0.15, 0.2) is 0 Å². The predicted molar refractivity (Wildman–Crippen MR) is 109 cm³/mol. The van der Waals surface area contributed by atoms with Gasteiger partial charge < -0.3 is 10.1 Å². The zero-order valence-corrected chi connectivity index (χ0v) is 17.1. The van der Waals surface area contributed by atoms with E-state index in [1.54, 1.807) is 7.11 Å². The molecule has 0 heterocycles. The molecule has 27 heavy (non-hydrogen) atoms. The normalized spacial score (nSPS) is 30.9. The zero-order valence-electron chi connectivity index (χ0n) is 17.1. The summed E-state index contributed by atoms with van der Waals surface area (Å²) in [6, 6.07) is 6.78.